The van der Waals surface area contributed by atoms with Gasteiger partial charge in [-0.1, -0.05) is 0 Å². The highest BCUT2D eigenvalue weighted by molar-refractivity contribution is 7.99. The summed E-state index contributed by atoms with van der Waals surface area (Å²) in [5.41, 5.74) is 0. The lowest BCUT2D eigenvalue weighted by molar-refractivity contribution is 1.03. The second-order valence-corrected chi connectivity index (χ2v) is 2.62. The summed E-state index contributed by atoms with van der Waals surface area (Å²) in [5.74, 6) is 2.28. The number of rotatable bonds is 0. The first kappa shape index (κ1) is 5.16. The van der Waals surface area contributed by atoms with Gasteiger partial charge in [0.1, 0.15) is 0 Å². The van der Waals surface area contributed by atoms with Crippen LogP contribution in [0, 0.1) is 0 Å². The van der Waals surface area contributed by atoms with Crippen molar-refractivity contribution in [3.63, 3.8) is 0 Å². The van der Waals surface area contributed by atoms with E-state index in [9.17, 15) is 0 Å². The molecule has 1 aliphatic heterocycles. The first-order valence-corrected chi connectivity index (χ1v) is 3.71. The SMILES string of the molecule is C1=NCSCCC1. The van der Waals surface area contributed by atoms with Crippen molar-refractivity contribution < 1.29 is 0 Å². The Morgan fingerprint density at radius 1 is 1.57 bits per heavy atom. The van der Waals surface area contributed by atoms with Gasteiger partial charge in [0, 0.05) is 0 Å². The molecular formula is C5H9NS. The van der Waals surface area contributed by atoms with Gasteiger partial charge in [0.05, 0.1) is 5.88 Å². The molecule has 0 aliphatic carbocycles. The van der Waals surface area contributed by atoms with Crippen LogP contribution in [0.15, 0.2) is 4.99 Å². The Bertz CT molecular complexity index is 62.5. The molecule has 0 amide bonds. The molecule has 1 aliphatic rings. The summed E-state index contributed by atoms with van der Waals surface area (Å²) in [6.07, 6.45) is 4.53. The molecule has 0 bridgehead atoms. The number of thioether (sulfide) groups is 1. The predicted octanol–water partition coefficient (Wildman–Crippen LogP) is 1.54. The van der Waals surface area contributed by atoms with Gasteiger partial charge >= 0.3 is 0 Å². The van der Waals surface area contributed by atoms with Gasteiger partial charge in [-0.3, -0.25) is 4.99 Å². The van der Waals surface area contributed by atoms with Crippen LogP contribution in [0.25, 0.3) is 0 Å². The third kappa shape index (κ3) is 1.97. The van der Waals surface area contributed by atoms with E-state index in [-0.39, 0.29) is 0 Å². The van der Waals surface area contributed by atoms with Crippen molar-refractivity contribution in [3.05, 3.63) is 0 Å². The molecule has 0 saturated heterocycles. The van der Waals surface area contributed by atoms with Crippen molar-refractivity contribution in [3.8, 4) is 0 Å². The van der Waals surface area contributed by atoms with Crippen LogP contribution in [0.5, 0.6) is 0 Å². The minimum absolute atomic E-state index is 0.986. The number of nitrogens with zero attached hydrogens (tertiary/aromatic N) is 1. The Kier molecular flexibility index (Phi) is 2.27. The van der Waals surface area contributed by atoms with Crippen molar-refractivity contribution in [1.29, 1.82) is 0 Å². The van der Waals surface area contributed by atoms with Gasteiger partial charge in [0.2, 0.25) is 0 Å². The molecule has 0 aromatic carbocycles. The summed E-state index contributed by atoms with van der Waals surface area (Å²) in [4.78, 5) is 4.11. The topological polar surface area (TPSA) is 12.4 Å². The lowest BCUT2D eigenvalue weighted by Crippen LogP contribution is -1.74. The largest absolute Gasteiger partial charge is 0.287 e. The van der Waals surface area contributed by atoms with E-state index in [1.54, 1.807) is 0 Å². The van der Waals surface area contributed by atoms with E-state index in [1.165, 1.54) is 18.6 Å². The Labute approximate surface area is 48.2 Å². The molecule has 0 saturated carbocycles. The average molecular weight is 115 g/mol. The maximum absolute atomic E-state index is 4.11. The van der Waals surface area contributed by atoms with Gasteiger partial charge in [-0.15, -0.1) is 11.8 Å². The van der Waals surface area contributed by atoms with Gasteiger partial charge in [0.15, 0.2) is 0 Å². The highest BCUT2D eigenvalue weighted by Crippen LogP contribution is 2.06. The lowest BCUT2D eigenvalue weighted by atomic mass is 10.4. The van der Waals surface area contributed by atoms with E-state index in [1.807, 2.05) is 18.0 Å². The normalized spacial score (nSPS) is 21.7. The first-order chi connectivity index (χ1) is 3.50. The molecule has 1 rings (SSSR count). The molecule has 0 atom stereocenters. The van der Waals surface area contributed by atoms with E-state index < -0.39 is 0 Å². The summed E-state index contributed by atoms with van der Waals surface area (Å²) < 4.78 is 0. The van der Waals surface area contributed by atoms with E-state index in [2.05, 4.69) is 4.99 Å². The zero-order valence-corrected chi connectivity index (χ0v) is 5.08. The molecule has 0 aromatic heterocycles. The van der Waals surface area contributed by atoms with Crippen molar-refractivity contribution in [2.24, 2.45) is 4.99 Å². The van der Waals surface area contributed by atoms with Crippen LogP contribution in [0.2, 0.25) is 0 Å². The first-order valence-electron chi connectivity index (χ1n) is 2.56. The van der Waals surface area contributed by atoms with Gasteiger partial charge in [-0.25, -0.2) is 0 Å². The second-order valence-electron chi connectivity index (χ2n) is 1.54. The number of aliphatic imine (C=N–C) groups is 1. The van der Waals surface area contributed by atoms with E-state index >= 15 is 0 Å². The fourth-order valence-corrected chi connectivity index (χ4v) is 1.25. The van der Waals surface area contributed by atoms with Crippen molar-refractivity contribution in [1.82, 2.24) is 0 Å². The van der Waals surface area contributed by atoms with Crippen molar-refractivity contribution in [2.75, 3.05) is 11.6 Å². The molecule has 0 N–H and O–H groups in total. The third-order valence-electron chi connectivity index (χ3n) is 0.917. The summed E-state index contributed by atoms with van der Waals surface area (Å²) >= 11 is 1.92. The highest BCUT2D eigenvalue weighted by atomic mass is 32.2. The zero-order valence-electron chi connectivity index (χ0n) is 4.26. The van der Waals surface area contributed by atoms with Crippen LogP contribution in [0.4, 0.5) is 0 Å². The quantitative estimate of drug-likeness (QED) is 0.466. The van der Waals surface area contributed by atoms with E-state index in [4.69, 9.17) is 0 Å². The molecule has 0 fully saturated rings. The minimum atomic E-state index is 0.986. The van der Waals surface area contributed by atoms with E-state index in [0.717, 1.165) is 5.88 Å². The Balaban J connectivity index is 2.20. The zero-order chi connectivity index (χ0) is 4.95. The monoisotopic (exact) mass is 115 g/mol. The summed E-state index contributed by atoms with van der Waals surface area (Å²) in [5, 5.41) is 0. The van der Waals surface area contributed by atoms with Crippen molar-refractivity contribution >= 4 is 18.0 Å². The van der Waals surface area contributed by atoms with Gasteiger partial charge in [0.25, 0.3) is 0 Å². The number of hydrogen-bond donors (Lipinski definition) is 0. The molecule has 0 aromatic rings. The van der Waals surface area contributed by atoms with Crippen LogP contribution in [0.1, 0.15) is 12.8 Å². The Hall–Kier alpha value is 0.0200. The molecule has 1 nitrogen and oxygen atoms in total. The van der Waals surface area contributed by atoms with Gasteiger partial charge in [-0.2, -0.15) is 0 Å². The Morgan fingerprint density at radius 3 is 3.57 bits per heavy atom. The fourth-order valence-electron chi connectivity index (χ4n) is 0.538. The fraction of sp³-hybridized carbons (Fsp3) is 0.800. The highest BCUT2D eigenvalue weighted by Gasteiger charge is 1.89. The summed E-state index contributed by atoms with van der Waals surface area (Å²) in [6, 6.07) is 0. The molecular weight excluding hydrogens is 106 g/mol. The molecule has 1 heterocycles. The molecule has 7 heavy (non-hydrogen) atoms. The molecule has 0 unspecified atom stereocenters. The van der Waals surface area contributed by atoms with Crippen molar-refractivity contribution in [2.45, 2.75) is 12.8 Å². The van der Waals surface area contributed by atoms with Crippen LogP contribution >= 0.6 is 11.8 Å². The molecule has 0 spiro atoms. The average Bonchev–Trinajstić information content (AvgIpc) is 1.90. The third-order valence-corrected chi connectivity index (χ3v) is 1.83. The van der Waals surface area contributed by atoms with Crippen LogP contribution in [-0.2, 0) is 0 Å². The smallest absolute Gasteiger partial charge is 0.0839 e. The lowest BCUT2D eigenvalue weighted by Gasteiger charge is -1.85. The van der Waals surface area contributed by atoms with Crippen LogP contribution in [-0.4, -0.2) is 17.8 Å². The van der Waals surface area contributed by atoms with Gasteiger partial charge in [-0.05, 0) is 24.8 Å². The van der Waals surface area contributed by atoms with Crippen LogP contribution in [0.3, 0.4) is 0 Å². The van der Waals surface area contributed by atoms with Gasteiger partial charge < -0.3 is 0 Å². The summed E-state index contributed by atoms with van der Waals surface area (Å²) in [6.45, 7) is 0. The van der Waals surface area contributed by atoms with Crippen LogP contribution < -0.4 is 0 Å². The molecule has 2 heteroatoms. The maximum atomic E-state index is 4.11. The second kappa shape index (κ2) is 3.08. The summed E-state index contributed by atoms with van der Waals surface area (Å²) in [7, 11) is 0. The standard InChI is InChI=1S/C5H9NS/c1-2-4-7-5-6-3-1/h3H,1-2,4-5H2. The van der Waals surface area contributed by atoms with E-state index in [0.29, 0.717) is 0 Å². The molecule has 0 radical (unpaired) electrons. The number of hydrogen-bond acceptors (Lipinski definition) is 2. The maximum Gasteiger partial charge on any atom is 0.0839 e. The predicted molar refractivity (Wildman–Crippen MR) is 35.1 cm³/mol. The Morgan fingerprint density at radius 2 is 2.57 bits per heavy atom. The molecule has 40 valence electrons. The minimum Gasteiger partial charge on any atom is -0.287 e.